The first-order valence-corrected chi connectivity index (χ1v) is 11.2. The van der Waals surface area contributed by atoms with Gasteiger partial charge in [0.25, 0.3) is 0 Å². The van der Waals surface area contributed by atoms with Crippen LogP contribution in [0.15, 0.2) is 12.1 Å². The number of aryl methyl sites for hydroxylation is 2. The highest BCUT2D eigenvalue weighted by Crippen LogP contribution is 2.20. The van der Waals surface area contributed by atoms with E-state index in [2.05, 4.69) is 22.8 Å². The molecule has 1 aromatic rings. The smallest absolute Gasteiger partial charge is 0.326 e. The molecular weight excluding hydrogens is 384 g/mol. The number of nitrogens with zero attached hydrogens (tertiary/aromatic N) is 2. The summed E-state index contributed by atoms with van der Waals surface area (Å²) in [6.07, 6.45) is 8.73. The molecule has 0 aliphatic carbocycles. The normalized spacial score (nSPS) is 17.0. The molecule has 0 aromatic carbocycles. The fourth-order valence-electron chi connectivity index (χ4n) is 3.96. The number of morpholine rings is 1. The van der Waals surface area contributed by atoms with Crippen LogP contribution in [0.1, 0.15) is 56.2 Å². The number of carboxylic acids is 1. The summed E-state index contributed by atoms with van der Waals surface area (Å²) in [5.74, 6) is 0.0845. The molecule has 3 rings (SSSR count). The van der Waals surface area contributed by atoms with E-state index in [4.69, 9.17) is 9.72 Å². The van der Waals surface area contributed by atoms with Crippen molar-refractivity contribution in [2.45, 2.75) is 63.8 Å². The highest BCUT2D eigenvalue weighted by molar-refractivity contribution is 5.82. The van der Waals surface area contributed by atoms with Crippen molar-refractivity contribution in [3.8, 4) is 0 Å². The third-order valence-corrected chi connectivity index (χ3v) is 5.77. The molecular formula is C22H34N4O4. The van der Waals surface area contributed by atoms with E-state index < -0.39 is 12.0 Å². The van der Waals surface area contributed by atoms with E-state index in [9.17, 15) is 14.7 Å². The van der Waals surface area contributed by atoms with Crippen molar-refractivity contribution >= 4 is 17.8 Å². The van der Waals surface area contributed by atoms with Crippen molar-refractivity contribution in [2.24, 2.45) is 0 Å². The van der Waals surface area contributed by atoms with E-state index in [1.807, 2.05) is 0 Å². The molecule has 2 aliphatic heterocycles. The van der Waals surface area contributed by atoms with E-state index in [-0.39, 0.29) is 6.03 Å². The van der Waals surface area contributed by atoms with Gasteiger partial charge in [-0.25, -0.2) is 14.6 Å². The molecule has 3 heterocycles. The summed E-state index contributed by atoms with van der Waals surface area (Å²) in [5, 5.41) is 15.4. The number of aromatic nitrogens is 1. The topological polar surface area (TPSA) is 104 Å². The number of aliphatic carboxylic acids is 1. The van der Waals surface area contributed by atoms with Gasteiger partial charge in [-0.15, -0.1) is 0 Å². The number of fused-ring (bicyclic) bond motifs is 1. The van der Waals surface area contributed by atoms with Gasteiger partial charge in [0.2, 0.25) is 0 Å². The van der Waals surface area contributed by atoms with Crippen molar-refractivity contribution in [1.29, 1.82) is 0 Å². The number of hydrogen-bond donors (Lipinski definition) is 3. The minimum absolute atomic E-state index is 0.308. The Balaban J connectivity index is 1.28. The third-order valence-electron chi connectivity index (χ3n) is 5.77. The summed E-state index contributed by atoms with van der Waals surface area (Å²) in [5.41, 5.74) is 2.46. The number of pyridine rings is 1. The van der Waals surface area contributed by atoms with Crippen LogP contribution in [-0.2, 0) is 22.4 Å². The predicted molar refractivity (Wildman–Crippen MR) is 115 cm³/mol. The Bertz CT molecular complexity index is 706. The van der Waals surface area contributed by atoms with Gasteiger partial charge in [-0.3, -0.25) is 0 Å². The van der Waals surface area contributed by atoms with Gasteiger partial charge < -0.3 is 25.4 Å². The summed E-state index contributed by atoms with van der Waals surface area (Å²) < 4.78 is 5.22. The van der Waals surface area contributed by atoms with Crippen molar-refractivity contribution in [3.63, 3.8) is 0 Å². The van der Waals surface area contributed by atoms with Crippen molar-refractivity contribution in [3.05, 3.63) is 23.4 Å². The van der Waals surface area contributed by atoms with Crippen LogP contribution in [0.5, 0.6) is 0 Å². The Kier molecular flexibility index (Phi) is 8.74. The van der Waals surface area contributed by atoms with Gasteiger partial charge in [-0.2, -0.15) is 0 Å². The Hall–Kier alpha value is -2.35. The monoisotopic (exact) mass is 418 g/mol. The zero-order chi connectivity index (χ0) is 21.2. The summed E-state index contributed by atoms with van der Waals surface area (Å²) in [6, 6.07) is 3.20. The minimum atomic E-state index is -0.969. The number of amides is 2. The molecule has 30 heavy (non-hydrogen) atoms. The summed E-state index contributed by atoms with van der Waals surface area (Å²) in [7, 11) is 0. The van der Waals surface area contributed by atoms with Gasteiger partial charge in [0.15, 0.2) is 0 Å². The van der Waals surface area contributed by atoms with Crippen molar-refractivity contribution in [1.82, 2.24) is 15.2 Å². The number of hydrogen-bond acceptors (Lipinski definition) is 5. The zero-order valence-electron chi connectivity index (χ0n) is 17.7. The van der Waals surface area contributed by atoms with Crippen LogP contribution in [0.4, 0.5) is 10.6 Å². The lowest BCUT2D eigenvalue weighted by molar-refractivity contribution is -0.139. The van der Waals surface area contributed by atoms with Crippen molar-refractivity contribution < 1.29 is 19.4 Å². The second kappa shape index (κ2) is 11.7. The lowest BCUT2D eigenvalue weighted by atomic mass is 10.0. The van der Waals surface area contributed by atoms with Gasteiger partial charge in [0, 0.05) is 25.3 Å². The second-order valence-electron chi connectivity index (χ2n) is 8.09. The molecule has 8 heteroatoms. The highest BCUT2D eigenvalue weighted by Gasteiger charge is 2.23. The van der Waals surface area contributed by atoms with Crippen LogP contribution in [0.3, 0.4) is 0 Å². The maximum atomic E-state index is 12.2. The molecule has 166 valence electrons. The molecule has 0 bridgehead atoms. The molecule has 0 saturated carbocycles. The van der Waals surface area contributed by atoms with Crippen LogP contribution < -0.4 is 10.6 Å². The second-order valence-corrected chi connectivity index (χ2v) is 8.09. The Morgan fingerprint density at radius 3 is 2.73 bits per heavy atom. The molecule has 1 saturated heterocycles. The Labute approximate surface area is 178 Å². The number of carboxylic acid groups (broad SMARTS) is 1. The van der Waals surface area contributed by atoms with E-state index in [1.165, 1.54) is 12.0 Å². The standard InChI is InChI=1S/C22H34N4O4/c27-21(28)19(25-22(29)26-13-15-30-16-14-26)9-5-3-1-2-4-8-18-11-10-17-7-6-12-23-20(17)24-18/h10-11,19H,1-9,12-16H2,(H,23,24)(H,25,29)(H,27,28)/t19-/m0/s1. The maximum Gasteiger partial charge on any atom is 0.326 e. The van der Waals surface area contributed by atoms with Crippen LogP contribution >= 0.6 is 0 Å². The first-order chi connectivity index (χ1) is 14.6. The van der Waals surface area contributed by atoms with Crippen LogP contribution in [-0.4, -0.2) is 65.9 Å². The lowest BCUT2D eigenvalue weighted by Crippen LogP contribution is -2.51. The van der Waals surface area contributed by atoms with Gasteiger partial charge in [-0.1, -0.05) is 31.7 Å². The quantitative estimate of drug-likeness (QED) is 0.505. The molecule has 1 fully saturated rings. The predicted octanol–water partition coefficient (Wildman–Crippen LogP) is 2.82. The fraction of sp³-hybridized carbons (Fsp3) is 0.682. The average molecular weight is 419 g/mol. The molecule has 2 amide bonds. The van der Waals surface area contributed by atoms with Crippen LogP contribution in [0.2, 0.25) is 0 Å². The molecule has 0 radical (unpaired) electrons. The fourth-order valence-corrected chi connectivity index (χ4v) is 3.96. The molecule has 3 N–H and O–H groups in total. The molecule has 0 spiro atoms. The minimum Gasteiger partial charge on any atom is -0.480 e. The van der Waals surface area contributed by atoms with E-state index >= 15 is 0 Å². The molecule has 0 unspecified atom stereocenters. The highest BCUT2D eigenvalue weighted by atomic mass is 16.5. The van der Waals surface area contributed by atoms with Crippen LogP contribution in [0.25, 0.3) is 0 Å². The first-order valence-electron chi connectivity index (χ1n) is 11.2. The largest absolute Gasteiger partial charge is 0.480 e. The number of urea groups is 1. The number of nitrogens with one attached hydrogen (secondary N) is 2. The van der Waals surface area contributed by atoms with Gasteiger partial charge in [0.1, 0.15) is 11.9 Å². The first kappa shape index (κ1) is 22.3. The molecule has 2 aliphatic rings. The zero-order valence-corrected chi connectivity index (χ0v) is 17.7. The maximum absolute atomic E-state index is 12.2. The number of anilines is 1. The number of ether oxygens (including phenoxy) is 1. The average Bonchev–Trinajstić information content (AvgIpc) is 2.77. The van der Waals surface area contributed by atoms with E-state index in [0.717, 1.165) is 63.0 Å². The molecule has 1 atom stereocenters. The van der Waals surface area contributed by atoms with E-state index in [1.54, 1.807) is 4.90 Å². The number of rotatable bonds is 10. The SMILES string of the molecule is O=C(O)[C@H](CCCCCCCc1ccc2c(n1)NCCC2)NC(=O)N1CCOCC1. The Morgan fingerprint density at radius 1 is 1.17 bits per heavy atom. The Morgan fingerprint density at radius 2 is 1.93 bits per heavy atom. The summed E-state index contributed by atoms with van der Waals surface area (Å²) in [6.45, 7) is 3.03. The van der Waals surface area contributed by atoms with Gasteiger partial charge in [0.05, 0.1) is 13.2 Å². The van der Waals surface area contributed by atoms with E-state index in [0.29, 0.717) is 32.7 Å². The summed E-state index contributed by atoms with van der Waals surface area (Å²) >= 11 is 0. The summed E-state index contributed by atoms with van der Waals surface area (Å²) in [4.78, 5) is 30.0. The van der Waals surface area contributed by atoms with Gasteiger partial charge in [-0.05, 0) is 43.7 Å². The number of unbranched alkanes of at least 4 members (excludes halogenated alkanes) is 4. The number of carbonyl (C=O) groups excluding carboxylic acids is 1. The molecule has 8 nitrogen and oxygen atoms in total. The van der Waals surface area contributed by atoms with Crippen molar-refractivity contribution in [2.75, 3.05) is 38.2 Å². The third kappa shape index (κ3) is 6.86. The molecule has 1 aromatic heterocycles. The lowest BCUT2D eigenvalue weighted by Gasteiger charge is -2.28. The van der Waals surface area contributed by atoms with Crippen LogP contribution in [0, 0.1) is 0 Å². The number of carbonyl (C=O) groups is 2. The van der Waals surface area contributed by atoms with Gasteiger partial charge >= 0.3 is 12.0 Å².